The molecule has 17 heteroatoms. The average molecular weight is 955 g/mol. The molecule has 1 aromatic heterocycles. The number of halogens is 2. The number of piperidine rings is 3. The molecule has 10 rings (SSSR count). The fraction of sp³-hybridized carbons (Fsp3) is 0.347. The van der Waals surface area contributed by atoms with E-state index in [1.807, 2.05) is 36.4 Å². The van der Waals surface area contributed by atoms with E-state index in [-0.39, 0.29) is 41.8 Å². The number of pyridine rings is 1. The Morgan fingerprint density at radius 2 is 1.55 bits per heavy atom. The molecule has 4 aromatic carbocycles. The number of carbonyl (C=O) groups excluding carboxylic acids is 3. The second kappa shape index (κ2) is 19.6. The van der Waals surface area contributed by atoms with Gasteiger partial charge in [0, 0.05) is 38.4 Å². The summed E-state index contributed by atoms with van der Waals surface area (Å²) in [5.41, 5.74) is 9.24. The van der Waals surface area contributed by atoms with E-state index < -0.39 is 46.1 Å². The maximum Gasteiger partial charge on any atom is 0.408 e. The highest BCUT2D eigenvalue weighted by atomic mass is 35.5. The molecule has 0 unspecified atom stereocenters. The molecule has 5 aromatic rings. The van der Waals surface area contributed by atoms with Gasteiger partial charge in [0.05, 0.1) is 44.8 Å². The van der Waals surface area contributed by atoms with Crippen LogP contribution in [0, 0.1) is 17.8 Å². The van der Waals surface area contributed by atoms with Gasteiger partial charge in [-0.1, -0.05) is 77.8 Å². The molecular formula is C49H49Cl2N5O9S. The SMILES string of the molecule is Nc1ccc([C@H](Cc2c(Cl)cncc2Cl)OC(=O)C2CN(S(=O)(=O)c3cccc(C(=O)Oc4cccc([C@@H](NC(=O)O[C@H]5CN6CCC5CC6)c5ccccc5)c4)c3)C2)cc1OCC1CC1. The van der Waals surface area contributed by atoms with Crippen LogP contribution in [0.2, 0.25) is 10.0 Å². The summed E-state index contributed by atoms with van der Waals surface area (Å²) in [5.74, 6) is -0.691. The number of rotatable bonds is 16. The van der Waals surface area contributed by atoms with Gasteiger partial charge in [0.2, 0.25) is 10.0 Å². The standard InChI is InChI=1S/C49H49Cl2N5O9S/c50-40-24-53-25-41(51)39(40)23-43(33-14-15-42(52)44(22-33)62-29-30-12-13-30)64-48(58)36-26-56(27-36)66(60,61)38-11-5-9-35(21-38)47(57)63-37-10-4-8-34(20-37)46(32-6-2-1-3-7-32)54-49(59)65-45-28-55-18-16-31(45)17-19-55/h1-11,14-15,20-22,24-25,30-31,36,43,45-46H,12-13,16-19,23,26-29,52H2,(H,54,59)/t43-,45-,46-/m0/s1. The highest BCUT2D eigenvalue weighted by Crippen LogP contribution is 2.37. The largest absolute Gasteiger partial charge is 0.491 e. The van der Waals surface area contributed by atoms with Gasteiger partial charge in [-0.25, -0.2) is 18.0 Å². The van der Waals surface area contributed by atoms with E-state index in [0.717, 1.165) is 55.2 Å². The van der Waals surface area contributed by atoms with Crippen molar-refractivity contribution in [3.05, 3.63) is 147 Å². The van der Waals surface area contributed by atoms with E-state index in [1.165, 1.54) is 36.7 Å². The van der Waals surface area contributed by atoms with E-state index in [0.29, 0.717) is 56.6 Å². The molecule has 4 saturated heterocycles. The van der Waals surface area contributed by atoms with Crippen LogP contribution in [-0.2, 0) is 30.7 Å². The predicted molar refractivity (Wildman–Crippen MR) is 247 cm³/mol. The van der Waals surface area contributed by atoms with Crippen LogP contribution in [0.25, 0.3) is 0 Å². The number of benzene rings is 4. The number of nitrogens with two attached hydrogens (primary N) is 1. The van der Waals surface area contributed by atoms with Gasteiger partial charge in [0.25, 0.3) is 0 Å². The molecule has 2 bridgehead atoms. The smallest absolute Gasteiger partial charge is 0.408 e. The Kier molecular flexibility index (Phi) is 13.5. The highest BCUT2D eigenvalue weighted by molar-refractivity contribution is 7.89. The van der Waals surface area contributed by atoms with Gasteiger partial charge in [-0.2, -0.15) is 4.31 Å². The maximum absolute atomic E-state index is 13.9. The molecular weight excluding hydrogens is 906 g/mol. The zero-order valence-electron chi connectivity index (χ0n) is 35.9. The Morgan fingerprint density at radius 3 is 2.26 bits per heavy atom. The number of hydrogen-bond acceptors (Lipinski definition) is 12. The number of hydrogen-bond donors (Lipinski definition) is 2. The third-order valence-corrected chi connectivity index (χ3v) is 15.2. The molecule has 66 heavy (non-hydrogen) atoms. The van der Waals surface area contributed by atoms with Crippen molar-refractivity contribution in [2.75, 3.05) is 45.1 Å². The zero-order chi connectivity index (χ0) is 46.0. The summed E-state index contributed by atoms with van der Waals surface area (Å²) in [7, 11) is -4.14. The number of aromatic nitrogens is 1. The van der Waals surface area contributed by atoms with E-state index in [2.05, 4.69) is 15.2 Å². The molecule has 14 nitrogen and oxygen atoms in total. The van der Waals surface area contributed by atoms with Crippen molar-refractivity contribution in [1.82, 2.24) is 19.5 Å². The van der Waals surface area contributed by atoms with Crippen LogP contribution >= 0.6 is 23.2 Å². The number of carbonyl (C=O) groups is 3. The summed E-state index contributed by atoms with van der Waals surface area (Å²) in [4.78, 5) is 46.8. The molecule has 1 amide bonds. The molecule has 0 radical (unpaired) electrons. The first-order valence-corrected chi connectivity index (χ1v) is 24.2. The van der Waals surface area contributed by atoms with Crippen LogP contribution in [0.15, 0.2) is 114 Å². The highest BCUT2D eigenvalue weighted by Gasteiger charge is 2.43. The van der Waals surface area contributed by atoms with Crippen molar-refractivity contribution < 1.29 is 41.7 Å². The minimum Gasteiger partial charge on any atom is -0.491 e. The molecule has 0 spiro atoms. The third-order valence-electron chi connectivity index (χ3n) is 12.7. The molecule has 344 valence electrons. The second-order valence-corrected chi connectivity index (χ2v) is 20.1. The van der Waals surface area contributed by atoms with Crippen molar-refractivity contribution in [3.8, 4) is 11.5 Å². The lowest BCUT2D eigenvalue weighted by Gasteiger charge is -2.43. The molecule has 5 fully saturated rings. The Balaban J connectivity index is 0.850. The summed E-state index contributed by atoms with van der Waals surface area (Å²) in [6.07, 6.45) is 5.64. The summed E-state index contributed by atoms with van der Waals surface area (Å²) in [6.45, 7) is 3.00. The lowest BCUT2D eigenvalue weighted by molar-refractivity contribution is -0.158. The van der Waals surface area contributed by atoms with Crippen LogP contribution in [0.4, 0.5) is 10.5 Å². The first-order chi connectivity index (χ1) is 31.9. The minimum atomic E-state index is -4.14. The molecule has 3 N–H and O–H groups in total. The number of ether oxygens (including phenoxy) is 4. The van der Waals surface area contributed by atoms with Crippen molar-refractivity contribution in [2.45, 2.75) is 55.2 Å². The number of alkyl carbamates (subject to hydrolysis) is 1. The summed E-state index contributed by atoms with van der Waals surface area (Å²) in [5, 5.41) is 3.62. The van der Waals surface area contributed by atoms with Crippen molar-refractivity contribution in [3.63, 3.8) is 0 Å². The Bertz CT molecular complexity index is 2690. The monoisotopic (exact) mass is 953 g/mol. The normalized spacial score (nSPS) is 20.4. The molecule has 5 aliphatic rings. The first-order valence-electron chi connectivity index (χ1n) is 22.1. The van der Waals surface area contributed by atoms with Gasteiger partial charge >= 0.3 is 18.0 Å². The van der Waals surface area contributed by atoms with Gasteiger partial charge in [-0.05, 0) is 115 Å². The number of fused-ring (bicyclic) bond motifs is 3. The zero-order valence-corrected chi connectivity index (χ0v) is 38.2. The Hall–Kier alpha value is -5.71. The molecule has 1 aliphatic carbocycles. The van der Waals surface area contributed by atoms with E-state index >= 15 is 0 Å². The number of nitrogens with one attached hydrogen (secondary N) is 1. The number of anilines is 1. The fourth-order valence-corrected chi connectivity index (χ4v) is 10.7. The number of amides is 1. The molecule has 1 saturated carbocycles. The van der Waals surface area contributed by atoms with Crippen LogP contribution in [0.5, 0.6) is 11.5 Å². The first kappa shape index (κ1) is 45.4. The van der Waals surface area contributed by atoms with E-state index in [1.54, 1.807) is 36.4 Å². The second-order valence-electron chi connectivity index (χ2n) is 17.3. The quantitative estimate of drug-likeness (QED) is 0.0553. The summed E-state index contributed by atoms with van der Waals surface area (Å²) >= 11 is 13.0. The molecule has 4 aliphatic heterocycles. The third kappa shape index (κ3) is 10.5. The van der Waals surface area contributed by atoms with Crippen molar-refractivity contribution in [1.29, 1.82) is 0 Å². The van der Waals surface area contributed by atoms with Gasteiger partial charge in [-0.15, -0.1) is 0 Å². The van der Waals surface area contributed by atoms with Crippen molar-refractivity contribution >= 4 is 56.9 Å². The van der Waals surface area contributed by atoms with Gasteiger partial charge in [0.1, 0.15) is 23.7 Å². The topological polar surface area (TPSA) is 180 Å². The molecule has 5 heterocycles. The Labute approximate surface area is 393 Å². The minimum absolute atomic E-state index is 0.00273. The van der Waals surface area contributed by atoms with Gasteiger partial charge in [-0.3, -0.25) is 14.7 Å². The van der Waals surface area contributed by atoms with Crippen LogP contribution in [0.3, 0.4) is 0 Å². The lowest BCUT2D eigenvalue weighted by Crippen LogP contribution is -2.53. The van der Waals surface area contributed by atoms with Gasteiger partial charge < -0.3 is 30.0 Å². The summed E-state index contributed by atoms with van der Waals surface area (Å²) < 4.78 is 52.7. The number of esters is 2. The van der Waals surface area contributed by atoms with E-state index in [9.17, 15) is 22.8 Å². The molecule has 3 atom stereocenters. The number of nitrogens with zero attached hydrogens (tertiary/aromatic N) is 3. The van der Waals surface area contributed by atoms with Gasteiger partial charge in [0.15, 0.2) is 0 Å². The number of nitrogen functional groups attached to an aromatic ring is 1. The van der Waals surface area contributed by atoms with Crippen molar-refractivity contribution in [2.24, 2.45) is 17.8 Å². The fourth-order valence-electron chi connectivity index (χ4n) is 8.63. The predicted octanol–water partition coefficient (Wildman–Crippen LogP) is 8.04. The van der Waals surface area contributed by atoms with Crippen LogP contribution < -0.4 is 20.5 Å². The van der Waals surface area contributed by atoms with Crippen LogP contribution in [0.1, 0.15) is 70.4 Å². The lowest BCUT2D eigenvalue weighted by atomic mass is 9.86. The average Bonchev–Trinajstić information content (AvgIpc) is 4.14. The van der Waals surface area contributed by atoms with E-state index in [4.69, 9.17) is 47.9 Å². The Morgan fingerprint density at radius 1 is 0.818 bits per heavy atom. The maximum atomic E-state index is 13.9. The summed E-state index contributed by atoms with van der Waals surface area (Å²) in [6, 6.07) is 26.3. The van der Waals surface area contributed by atoms with Crippen LogP contribution in [-0.4, -0.2) is 86.1 Å². The number of sulfonamides is 1.